The minimum Gasteiger partial charge on any atom is -0.496 e. The zero-order valence-electron chi connectivity index (χ0n) is 11.6. The molecular formula is C14H14ClN3O3. The lowest BCUT2D eigenvalue weighted by Crippen LogP contribution is -2.13. The normalized spacial score (nSPS) is 10.0. The van der Waals surface area contributed by atoms with E-state index in [1.54, 1.807) is 12.1 Å². The third-order valence-electron chi connectivity index (χ3n) is 2.57. The number of nitrogens with zero attached hydrogens (tertiary/aromatic N) is 2. The second-order valence-electron chi connectivity index (χ2n) is 3.99. The van der Waals surface area contributed by atoms with Gasteiger partial charge in [0, 0.05) is 5.02 Å². The summed E-state index contributed by atoms with van der Waals surface area (Å²) in [4.78, 5) is 20.2. The number of anilines is 1. The maximum atomic E-state index is 12.2. The van der Waals surface area contributed by atoms with Crippen molar-refractivity contribution in [3.63, 3.8) is 0 Å². The average Bonchev–Trinajstić information content (AvgIpc) is 2.49. The minimum atomic E-state index is -0.359. The third kappa shape index (κ3) is 3.82. The number of hydrogen-bond acceptors (Lipinski definition) is 5. The summed E-state index contributed by atoms with van der Waals surface area (Å²) in [6, 6.07) is 5.07. The Morgan fingerprint density at radius 1 is 1.33 bits per heavy atom. The summed E-state index contributed by atoms with van der Waals surface area (Å²) in [5.74, 6) is 0.0749. The SMILES string of the molecule is CCOc1ncc(NC(=O)c2cc(Cl)ccc2OC)cn1. The highest BCUT2D eigenvalue weighted by molar-refractivity contribution is 6.31. The van der Waals surface area contributed by atoms with Crippen molar-refractivity contribution in [2.45, 2.75) is 6.92 Å². The van der Waals surface area contributed by atoms with E-state index in [4.69, 9.17) is 21.1 Å². The van der Waals surface area contributed by atoms with E-state index in [2.05, 4.69) is 15.3 Å². The number of benzene rings is 1. The first-order valence-electron chi connectivity index (χ1n) is 6.23. The summed E-state index contributed by atoms with van der Waals surface area (Å²) < 4.78 is 10.3. The van der Waals surface area contributed by atoms with Gasteiger partial charge in [-0.2, -0.15) is 0 Å². The molecule has 0 radical (unpaired) electrons. The molecule has 0 spiro atoms. The molecular weight excluding hydrogens is 294 g/mol. The van der Waals surface area contributed by atoms with Crippen LogP contribution in [0.4, 0.5) is 5.69 Å². The van der Waals surface area contributed by atoms with Gasteiger partial charge < -0.3 is 14.8 Å². The number of methoxy groups -OCH3 is 1. The molecule has 2 rings (SSSR count). The summed E-state index contributed by atoms with van der Waals surface area (Å²) in [5.41, 5.74) is 0.782. The summed E-state index contributed by atoms with van der Waals surface area (Å²) in [6.07, 6.45) is 2.93. The van der Waals surface area contributed by atoms with E-state index in [1.807, 2.05) is 6.92 Å². The van der Waals surface area contributed by atoms with Crippen LogP contribution < -0.4 is 14.8 Å². The van der Waals surface area contributed by atoms with E-state index in [-0.39, 0.29) is 11.9 Å². The Morgan fingerprint density at radius 2 is 2.05 bits per heavy atom. The molecule has 1 aromatic carbocycles. The molecule has 0 atom stereocenters. The molecule has 0 saturated heterocycles. The number of carbonyl (C=O) groups excluding carboxylic acids is 1. The van der Waals surface area contributed by atoms with E-state index in [0.29, 0.717) is 28.6 Å². The lowest BCUT2D eigenvalue weighted by Gasteiger charge is -2.09. The van der Waals surface area contributed by atoms with Gasteiger partial charge in [-0.05, 0) is 25.1 Å². The van der Waals surface area contributed by atoms with Crippen molar-refractivity contribution in [1.29, 1.82) is 0 Å². The third-order valence-corrected chi connectivity index (χ3v) is 2.80. The second kappa shape index (κ2) is 6.90. The topological polar surface area (TPSA) is 73.3 Å². The molecule has 6 nitrogen and oxygen atoms in total. The van der Waals surface area contributed by atoms with Crippen LogP contribution in [0.3, 0.4) is 0 Å². The van der Waals surface area contributed by atoms with Crippen LogP contribution in [0.25, 0.3) is 0 Å². The quantitative estimate of drug-likeness (QED) is 0.919. The van der Waals surface area contributed by atoms with E-state index < -0.39 is 0 Å². The Labute approximate surface area is 127 Å². The molecule has 1 amide bonds. The van der Waals surface area contributed by atoms with Crippen molar-refractivity contribution in [1.82, 2.24) is 9.97 Å². The van der Waals surface area contributed by atoms with Crippen LogP contribution >= 0.6 is 11.6 Å². The van der Waals surface area contributed by atoms with Crippen LogP contribution in [0, 0.1) is 0 Å². The van der Waals surface area contributed by atoms with Crippen LogP contribution in [0.5, 0.6) is 11.8 Å². The zero-order valence-corrected chi connectivity index (χ0v) is 12.3. The predicted molar refractivity (Wildman–Crippen MR) is 79.2 cm³/mol. The van der Waals surface area contributed by atoms with Crippen molar-refractivity contribution in [3.8, 4) is 11.8 Å². The monoisotopic (exact) mass is 307 g/mol. The molecule has 2 aromatic rings. The van der Waals surface area contributed by atoms with E-state index in [0.717, 1.165) is 0 Å². The Morgan fingerprint density at radius 3 is 2.67 bits per heavy atom. The lowest BCUT2D eigenvalue weighted by atomic mass is 10.2. The maximum absolute atomic E-state index is 12.2. The predicted octanol–water partition coefficient (Wildman–Crippen LogP) is 2.79. The van der Waals surface area contributed by atoms with Crippen LogP contribution in [-0.2, 0) is 0 Å². The van der Waals surface area contributed by atoms with Crippen LogP contribution in [-0.4, -0.2) is 29.6 Å². The van der Waals surface area contributed by atoms with Gasteiger partial charge in [0.2, 0.25) is 0 Å². The smallest absolute Gasteiger partial charge is 0.316 e. The van der Waals surface area contributed by atoms with Gasteiger partial charge in [-0.25, -0.2) is 9.97 Å². The first kappa shape index (κ1) is 15.1. The molecule has 0 unspecified atom stereocenters. The lowest BCUT2D eigenvalue weighted by molar-refractivity contribution is 0.102. The summed E-state index contributed by atoms with van der Waals surface area (Å²) >= 11 is 5.90. The first-order valence-corrected chi connectivity index (χ1v) is 6.61. The van der Waals surface area contributed by atoms with E-state index in [1.165, 1.54) is 25.6 Å². The molecule has 0 saturated carbocycles. The van der Waals surface area contributed by atoms with Gasteiger partial charge in [0.15, 0.2) is 0 Å². The number of amides is 1. The van der Waals surface area contributed by atoms with Gasteiger partial charge >= 0.3 is 6.01 Å². The van der Waals surface area contributed by atoms with Gasteiger partial charge in [0.25, 0.3) is 5.91 Å². The highest BCUT2D eigenvalue weighted by Crippen LogP contribution is 2.23. The first-order chi connectivity index (χ1) is 10.1. The molecule has 110 valence electrons. The van der Waals surface area contributed by atoms with Crippen LogP contribution in [0.15, 0.2) is 30.6 Å². The number of nitrogens with one attached hydrogen (secondary N) is 1. The highest BCUT2D eigenvalue weighted by Gasteiger charge is 2.13. The van der Waals surface area contributed by atoms with Crippen molar-refractivity contribution in [2.75, 3.05) is 19.0 Å². The molecule has 0 bridgehead atoms. The molecule has 21 heavy (non-hydrogen) atoms. The summed E-state index contributed by atoms with van der Waals surface area (Å²) in [6.45, 7) is 2.32. The summed E-state index contributed by atoms with van der Waals surface area (Å²) in [5, 5.41) is 3.12. The van der Waals surface area contributed by atoms with Gasteiger partial charge in [-0.15, -0.1) is 0 Å². The molecule has 1 N–H and O–H groups in total. The Balaban J connectivity index is 2.15. The van der Waals surface area contributed by atoms with Crippen LogP contribution in [0.2, 0.25) is 5.02 Å². The molecule has 7 heteroatoms. The second-order valence-corrected chi connectivity index (χ2v) is 4.42. The molecule has 0 fully saturated rings. The Kier molecular flexibility index (Phi) is 4.94. The largest absolute Gasteiger partial charge is 0.496 e. The molecule has 0 aliphatic carbocycles. The fourth-order valence-corrected chi connectivity index (χ4v) is 1.81. The van der Waals surface area contributed by atoms with Crippen molar-refractivity contribution in [3.05, 3.63) is 41.2 Å². The van der Waals surface area contributed by atoms with Gasteiger partial charge in [0.1, 0.15) is 5.75 Å². The highest BCUT2D eigenvalue weighted by atomic mass is 35.5. The summed E-state index contributed by atoms with van der Waals surface area (Å²) in [7, 11) is 1.49. The Hall–Kier alpha value is -2.34. The van der Waals surface area contributed by atoms with Crippen molar-refractivity contribution < 1.29 is 14.3 Å². The van der Waals surface area contributed by atoms with Gasteiger partial charge in [-0.3, -0.25) is 4.79 Å². The molecule has 1 heterocycles. The zero-order chi connectivity index (χ0) is 15.2. The standard InChI is InChI=1S/C14H14ClN3O3/c1-3-21-14-16-7-10(8-17-14)18-13(19)11-6-9(15)4-5-12(11)20-2/h4-8H,3H2,1-2H3,(H,18,19). The molecule has 1 aromatic heterocycles. The van der Waals surface area contributed by atoms with Crippen LogP contribution in [0.1, 0.15) is 17.3 Å². The number of rotatable bonds is 5. The van der Waals surface area contributed by atoms with E-state index >= 15 is 0 Å². The minimum absolute atomic E-state index is 0.260. The van der Waals surface area contributed by atoms with Gasteiger partial charge in [-0.1, -0.05) is 11.6 Å². The number of hydrogen-bond donors (Lipinski definition) is 1. The fraction of sp³-hybridized carbons (Fsp3) is 0.214. The maximum Gasteiger partial charge on any atom is 0.316 e. The number of ether oxygens (including phenoxy) is 2. The van der Waals surface area contributed by atoms with E-state index in [9.17, 15) is 4.79 Å². The van der Waals surface area contributed by atoms with Gasteiger partial charge in [0.05, 0.1) is 37.4 Å². The molecule has 0 aliphatic heterocycles. The number of carbonyl (C=O) groups is 1. The van der Waals surface area contributed by atoms with Crippen molar-refractivity contribution >= 4 is 23.2 Å². The average molecular weight is 308 g/mol. The Bertz CT molecular complexity index is 632. The molecule has 0 aliphatic rings. The van der Waals surface area contributed by atoms with Crippen molar-refractivity contribution in [2.24, 2.45) is 0 Å². The fourth-order valence-electron chi connectivity index (χ4n) is 1.64. The number of aromatic nitrogens is 2. The number of halogens is 1.